The zero-order valence-electron chi connectivity index (χ0n) is 10.0. The molecule has 0 saturated heterocycles. The molecule has 1 rings (SSSR count). The van der Waals surface area contributed by atoms with Crippen molar-refractivity contribution < 1.29 is 9.90 Å². The van der Waals surface area contributed by atoms with Gasteiger partial charge in [0.05, 0.1) is 11.3 Å². The van der Waals surface area contributed by atoms with Crippen molar-refractivity contribution in [3.8, 4) is 6.07 Å². The molecule has 3 N–H and O–H groups in total. The molecule has 0 radical (unpaired) electrons. The Morgan fingerprint density at radius 2 is 2.32 bits per heavy atom. The summed E-state index contributed by atoms with van der Waals surface area (Å²) >= 11 is 0. The second-order valence-corrected chi connectivity index (χ2v) is 3.41. The normalized spacial score (nSPS) is 10.5. The molecule has 0 bridgehead atoms. The number of hydrazine groups is 1. The molecule has 0 aliphatic rings. The molecule has 0 amide bonds. The van der Waals surface area contributed by atoms with E-state index in [2.05, 4.69) is 11.6 Å². The molecule has 0 aromatic heterocycles. The molecule has 0 aliphatic carbocycles. The van der Waals surface area contributed by atoms with Gasteiger partial charge >= 0.3 is 5.97 Å². The quantitative estimate of drug-likeness (QED) is 0.273. The van der Waals surface area contributed by atoms with Crippen molar-refractivity contribution >= 4 is 24.1 Å². The van der Waals surface area contributed by atoms with E-state index in [0.717, 1.165) is 6.08 Å². The number of nitrogens with two attached hydrogens (primary N) is 1. The number of aliphatic carboxylic acids is 1. The Morgan fingerprint density at radius 1 is 1.58 bits per heavy atom. The van der Waals surface area contributed by atoms with Gasteiger partial charge in [-0.2, -0.15) is 5.26 Å². The number of carboxylic acid groups (broad SMARTS) is 1. The number of carbonyl (C=O) groups is 1. The lowest BCUT2D eigenvalue weighted by molar-refractivity contribution is -0.131. The van der Waals surface area contributed by atoms with Crippen LogP contribution in [-0.4, -0.2) is 17.4 Å². The molecule has 6 heteroatoms. The molecule has 0 heterocycles. The summed E-state index contributed by atoms with van der Waals surface area (Å²) in [5, 5.41) is 18.8. The Labute approximate surface area is 110 Å². The SMILES string of the molecule is C=C/N=C\N(N)c1ccc(/C=C/C(=O)O)cc1C#N. The Balaban J connectivity index is 3.10. The van der Waals surface area contributed by atoms with E-state index < -0.39 is 5.97 Å². The van der Waals surface area contributed by atoms with E-state index in [0.29, 0.717) is 16.8 Å². The fourth-order valence-corrected chi connectivity index (χ4v) is 1.32. The summed E-state index contributed by atoms with van der Waals surface area (Å²) in [7, 11) is 0. The van der Waals surface area contributed by atoms with E-state index in [1.54, 1.807) is 12.1 Å². The van der Waals surface area contributed by atoms with Crippen LogP contribution in [0.2, 0.25) is 0 Å². The summed E-state index contributed by atoms with van der Waals surface area (Å²) in [4.78, 5) is 14.2. The Morgan fingerprint density at radius 3 is 2.89 bits per heavy atom. The van der Waals surface area contributed by atoms with Crippen molar-refractivity contribution in [2.45, 2.75) is 0 Å². The van der Waals surface area contributed by atoms with Crippen LogP contribution < -0.4 is 10.9 Å². The van der Waals surface area contributed by atoms with Crippen LogP contribution in [0, 0.1) is 11.3 Å². The highest BCUT2D eigenvalue weighted by Crippen LogP contribution is 2.19. The predicted molar refractivity (Wildman–Crippen MR) is 73.2 cm³/mol. The maximum absolute atomic E-state index is 10.4. The van der Waals surface area contributed by atoms with Crippen LogP contribution in [0.1, 0.15) is 11.1 Å². The average Bonchev–Trinajstić information content (AvgIpc) is 2.42. The average molecular weight is 256 g/mol. The van der Waals surface area contributed by atoms with Gasteiger partial charge < -0.3 is 5.11 Å². The smallest absolute Gasteiger partial charge is 0.328 e. The number of hydrogen-bond acceptors (Lipinski definition) is 4. The molecule has 19 heavy (non-hydrogen) atoms. The lowest BCUT2D eigenvalue weighted by Gasteiger charge is -2.14. The number of nitriles is 1. The second kappa shape index (κ2) is 6.74. The zero-order valence-corrected chi connectivity index (χ0v) is 10.0. The van der Waals surface area contributed by atoms with Gasteiger partial charge in [-0.3, -0.25) is 5.01 Å². The van der Waals surface area contributed by atoms with E-state index in [4.69, 9.17) is 16.2 Å². The largest absolute Gasteiger partial charge is 0.478 e. The first kappa shape index (κ1) is 14.2. The topological polar surface area (TPSA) is 103 Å². The zero-order chi connectivity index (χ0) is 14.3. The number of hydrogen-bond donors (Lipinski definition) is 2. The molecular weight excluding hydrogens is 244 g/mol. The molecule has 1 aromatic rings. The number of aliphatic imine (C=N–C) groups is 1. The molecule has 0 aliphatic heterocycles. The van der Waals surface area contributed by atoms with Gasteiger partial charge in [-0.15, -0.1) is 0 Å². The lowest BCUT2D eigenvalue weighted by atomic mass is 10.1. The Hall–Kier alpha value is -2.91. The van der Waals surface area contributed by atoms with Gasteiger partial charge in [0.15, 0.2) is 0 Å². The number of rotatable bonds is 5. The van der Waals surface area contributed by atoms with Gasteiger partial charge in [0.25, 0.3) is 0 Å². The van der Waals surface area contributed by atoms with E-state index >= 15 is 0 Å². The maximum Gasteiger partial charge on any atom is 0.328 e. The summed E-state index contributed by atoms with van der Waals surface area (Å²) in [5.41, 5.74) is 1.36. The van der Waals surface area contributed by atoms with Crippen LogP contribution in [0.4, 0.5) is 5.69 Å². The van der Waals surface area contributed by atoms with Gasteiger partial charge in [-0.25, -0.2) is 15.6 Å². The number of anilines is 1. The van der Waals surface area contributed by atoms with Crippen LogP contribution >= 0.6 is 0 Å². The summed E-state index contributed by atoms with van der Waals surface area (Å²) in [6, 6.07) is 6.78. The summed E-state index contributed by atoms with van der Waals surface area (Å²) in [6.07, 6.45) is 5.02. The van der Waals surface area contributed by atoms with Crippen LogP contribution in [-0.2, 0) is 4.79 Å². The van der Waals surface area contributed by atoms with Crippen molar-refractivity contribution in [2.75, 3.05) is 5.01 Å². The highest BCUT2D eigenvalue weighted by atomic mass is 16.4. The monoisotopic (exact) mass is 256 g/mol. The molecule has 1 aromatic carbocycles. The molecule has 96 valence electrons. The minimum absolute atomic E-state index is 0.311. The Kier molecular flexibility index (Phi) is 5.02. The van der Waals surface area contributed by atoms with Gasteiger partial charge in [0.2, 0.25) is 0 Å². The number of benzene rings is 1. The van der Waals surface area contributed by atoms with Gasteiger partial charge in [-0.05, 0) is 23.8 Å². The van der Waals surface area contributed by atoms with Crippen LogP contribution in [0.25, 0.3) is 6.08 Å². The van der Waals surface area contributed by atoms with Crippen molar-refractivity contribution in [2.24, 2.45) is 10.8 Å². The molecule has 0 fully saturated rings. The first-order valence-corrected chi connectivity index (χ1v) is 5.21. The fourth-order valence-electron chi connectivity index (χ4n) is 1.32. The molecule has 0 saturated carbocycles. The van der Waals surface area contributed by atoms with Crippen LogP contribution in [0.15, 0.2) is 42.0 Å². The van der Waals surface area contributed by atoms with Gasteiger partial charge in [0, 0.05) is 12.3 Å². The van der Waals surface area contributed by atoms with E-state index in [9.17, 15) is 4.79 Å². The number of nitrogens with zero attached hydrogens (tertiary/aromatic N) is 3. The minimum Gasteiger partial charge on any atom is -0.478 e. The predicted octanol–water partition coefficient (Wildman–Crippen LogP) is 1.51. The highest BCUT2D eigenvalue weighted by Gasteiger charge is 2.06. The summed E-state index contributed by atoms with van der Waals surface area (Å²) in [5.74, 6) is 4.65. The summed E-state index contributed by atoms with van der Waals surface area (Å²) in [6.45, 7) is 3.41. The van der Waals surface area contributed by atoms with E-state index in [1.165, 1.54) is 29.7 Å². The van der Waals surface area contributed by atoms with Crippen molar-refractivity contribution in [3.05, 3.63) is 48.2 Å². The first-order chi connectivity index (χ1) is 9.08. The Bertz CT molecular complexity index is 585. The fraction of sp³-hybridized carbons (Fsp3) is 0. The minimum atomic E-state index is -1.05. The van der Waals surface area contributed by atoms with Gasteiger partial charge in [-0.1, -0.05) is 12.6 Å². The molecule has 0 atom stereocenters. The standard InChI is InChI=1S/C13H12N4O2/c1-2-16-9-17(15)12-5-3-10(4-6-13(18)19)7-11(12)8-14/h2-7,9H,1,15H2,(H,18,19)/b6-4+,16-9-. The highest BCUT2D eigenvalue weighted by molar-refractivity contribution is 5.86. The van der Waals surface area contributed by atoms with E-state index in [1.807, 2.05) is 6.07 Å². The van der Waals surface area contributed by atoms with Gasteiger partial charge in [0.1, 0.15) is 12.4 Å². The van der Waals surface area contributed by atoms with Crippen LogP contribution in [0.3, 0.4) is 0 Å². The van der Waals surface area contributed by atoms with Crippen molar-refractivity contribution in [3.63, 3.8) is 0 Å². The maximum atomic E-state index is 10.4. The molecule has 0 unspecified atom stereocenters. The molecular formula is C13H12N4O2. The van der Waals surface area contributed by atoms with Crippen molar-refractivity contribution in [1.29, 1.82) is 5.26 Å². The third-order valence-electron chi connectivity index (χ3n) is 2.13. The molecule has 6 nitrogen and oxygen atoms in total. The van der Waals surface area contributed by atoms with E-state index in [-0.39, 0.29) is 0 Å². The second-order valence-electron chi connectivity index (χ2n) is 3.41. The third-order valence-corrected chi connectivity index (χ3v) is 2.13. The summed E-state index contributed by atoms with van der Waals surface area (Å²) < 4.78 is 0. The molecule has 0 spiro atoms. The first-order valence-electron chi connectivity index (χ1n) is 5.21. The van der Waals surface area contributed by atoms with Crippen LogP contribution in [0.5, 0.6) is 0 Å². The van der Waals surface area contributed by atoms with Crippen molar-refractivity contribution in [1.82, 2.24) is 0 Å². The lowest BCUT2D eigenvalue weighted by Crippen LogP contribution is -2.29. The third kappa shape index (κ3) is 4.11. The number of carboxylic acids is 1.